The molecule has 1 aliphatic carbocycles. The molecule has 5 nitrogen and oxygen atoms in total. The van der Waals surface area contributed by atoms with E-state index in [0.29, 0.717) is 6.10 Å². The highest BCUT2D eigenvalue weighted by atomic mass is 127. The van der Waals surface area contributed by atoms with Crippen molar-refractivity contribution < 1.29 is 9.47 Å². The van der Waals surface area contributed by atoms with Gasteiger partial charge in [0.1, 0.15) is 0 Å². The molecule has 0 aromatic rings. The van der Waals surface area contributed by atoms with Crippen molar-refractivity contribution in [2.45, 2.75) is 70.0 Å². The topological polar surface area (TPSA) is 54.9 Å². The van der Waals surface area contributed by atoms with Crippen LogP contribution in [0.15, 0.2) is 4.99 Å². The van der Waals surface area contributed by atoms with Crippen LogP contribution in [0.3, 0.4) is 0 Å². The van der Waals surface area contributed by atoms with E-state index in [1.54, 1.807) is 0 Å². The summed E-state index contributed by atoms with van der Waals surface area (Å²) in [6, 6.07) is 0. The predicted octanol–water partition coefficient (Wildman–Crippen LogP) is 3.08. The molecule has 1 heterocycles. The van der Waals surface area contributed by atoms with Crippen LogP contribution >= 0.6 is 24.0 Å². The van der Waals surface area contributed by atoms with Gasteiger partial charge in [-0.2, -0.15) is 0 Å². The molecule has 1 unspecified atom stereocenters. The average Bonchev–Trinajstić information content (AvgIpc) is 3.07. The zero-order valence-electron chi connectivity index (χ0n) is 14.7. The van der Waals surface area contributed by atoms with Crippen molar-refractivity contribution in [2.75, 3.05) is 33.4 Å². The van der Waals surface area contributed by atoms with Gasteiger partial charge in [-0.25, -0.2) is 0 Å². The van der Waals surface area contributed by atoms with E-state index in [2.05, 4.69) is 22.5 Å². The first-order chi connectivity index (χ1) is 10.8. The van der Waals surface area contributed by atoms with E-state index < -0.39 is 0 Å². The second-order valence-electron chi connectivity index (χ2n) is 6.53. The van der Waals surface area contributed by atoms with E-state index in [1.165, 1.54) is 25.7 Å². The third-order valence-electron chi connectivity index (χ3n) is 4.70. The van der Waals surface area contributed by atoms with Gasteiger partial charge in [-0.05, 0) is 32.1 Å². The summed E-state index contributed by atoms with van der Waals surface area (Å²) in [7, 11) is 1.82. The zero-order chi connectivity index (χ0) is 15.7. The summed E-state index contributed by atoms with van der Waals surface area (Å²) in [6.45, 7) is 5.60. The highest BCUT2D eigenvalue weighted by Gasteiger charge is 2.33. The lowest BCUT2D eigenvalue weighted by Gasteiger charge is -2.37. The lowest BCUT2D eigenvalue weighted by Crippen LogP contribution is -2.50. The van der Waals surface area contributed by atoms with Gasteiger partial charge in [0.05, 0.1) is 11.7 Å². The lowest BCUT2D eigenvalue weighted by molar-refractivity contribution is -0.0657. The number of hydrogen-bond acceptors (Lipinski definition) is 3. The van der Waals surface area contributed by atoms with E-state index in [0.717, 1.165) is 57.9 Å². The fourth-order valence-electron chi connectivity index (χ4n) is 3.37. The van der Waals surface area contributed by atoms with E-state index in [-0.39, 0.29) is 29.6 Å². The van der Waals surface area contributed by atoms with Gasteiger partial charge in [0.15, 0.2) is 5.96 Å². The Kier molecular flexibility index (Phi) is 10.5. The molecule has 2 aliphatic rings. The molecule has 0 bridgehead atoms. The molecule has 1 saturated carbocycles. The number of rotatable bonds is 7. The lowest BCUT2D eigenvalue weighted by atomic mass is 9.84. The molecule has 136 valence electrons. The van der Waals surface area contributed by atoms with Crippen molar-refractivity contribution in [1.29, 1.82) is 0 Å². The molecule has 2 rings (SSSR count). The largest absolute Gasteiger partial charge is 0.376 e. The summed E-state index contributed by atoms with van der Waals surface area (Å²) in [4.78, 5) is 4.33. The quantitative estimate of drug-likeness (QED) is 0.364. The summed E-state index contributed by atoms with van der Waals surface area (Å²) >= 11 is 0. The highest BCUT2D eigenvalue weighted by molar-refractivity contribution is 14.0. The van der Waals surface area contributed by atoms with Crippen molar-refractivity contribution in [1.82, 2.24) is 10.6 Å². The second-order valence-corrected chi connectivity index (χ2v) is 6.53. The standard InChI is InChI=1S/C17H33N3O2.HI/c1-3-11-22-17(9-5-4-6-10-17)14-20-16(18-2)19-13-15-8-7-12-21-15;/h15H,3-14H2,1-2H3,(H2,18,19,20);1H. The van der Waals surface area contributed by atoms with Gasteiger partial charge >= 0.3 is 0 Å². The van der Waals surface area contributed by atoms with Crippen LogP contribution in [0.25, 0.3) is 0 Å². The highest BCUT2D eigenvalue weighted by Crippen LogP contribution is 2.31. The molecular formula is C17H34IN3O2. The van der Waals surface area contributed by atoms with Gasteiger partial charge in [0, 0.05) is 33.4 Å². The van der Waals surface area contributed by atoms with Crippen LogP contribution in [-0.4, -0.2) is 51.0 Å². The molecule has 6 heteroatoms. The smallest absolute Gasteiger partial charge is 0.191 e. The van der Waals surface area contributed by atoms with E-state index in [4.69, 9.17) is 9.47 Å². The number of guanidine groups is 1. The molecule has 2 N–H and O–H groups in total. The van der Waals surface area contributed by atoms with Crippen molar-refractivity contribution in [3.05, 3.63) is 0 Å². The van der Waals surface area contributed by atoms with Gasteiger partial charge in [-0.1, -0.05) is 26.2 Å². The fourth-order valence-corrected chi connectivity index (χ4v) is 3.37. The monoisotopic (exact) mass is 439 g/mol. The van der Waals surface area contributed by atoms with Crippen molar-refractivity contribution in [3.8, 4) is 0 Å². The zero-order valence-corrected chi connectivity index (χ0v) is 17.1. The number of hydrogen-bond donors (Lipinski definition) is 2. The third-order valence-corrected chi connectivity index (χ3v) is 4.70. The molecule has 0 spiro atoms. The molecule has 2 fully saturated rings. The molecule has 1 aliphatic heterocycles. The van der Waals surface area contributed by atoms with Crippen LogP contribution in [0.1, 0.15) is 58.3 Å². The number of halogens is 1. The first kappa shape index (κ1) is 21.0. The summed E-state index contributed by atoms with van der Waals surface area (Å²) in [6.07, 6.45) is 9.92. The number of ether oxygens (including phenoxy) is 2. The Morgan fingerprint density at radius 3 is 2.61 bits per heavy atom. The van der Waals surface area contributed by atoms with E-state index in [1.807, 2.05) is 7.05 Å². The van der Waals surface area contributed by atoms with Gasteiger partial charge in [0.25, 0.3) is 0 Å². The summed E-state index contributed by atoms with van der Waals surface area (Å²) < 4.78 is 11.9. The SMILES string of the molecule is CCCOC1(CNC(=NC)NCC2CCCO2)CCCCC1.I. The molecule has 0 radical (unpaired) electrons. The van der Waals surface area contributed by atoms with E-state index >= 15 is 0 Å². The summed E-state index contributed by atoms with van der Waals surface area (Å²) in [5.74, 6) is 0.862. The van der Waals surface area contributed by atoms with Crippen molar-refractivity contribution >= 4 is 29.9 Å². The maximum absolute atomic E-state index is 6.22. The predicted molar refractivity (Wildman–Crippen MR) is 106 cm³/mol. The van der Waals surface area contributed by atoms with Crippen LogP contribution in [0.2, 0.25) is 0 Å². The normalized spacial score (nSPS) is 24.1. The third kappa shape index (κ3) is 7.13. The van der Waals surface area contributed by atoms with Gasteiger partial charge in [-0.15, -0.1) is 24.0 Å². The van der Waals surface area contributed by atoms with Crippen LogP contribution in [0.5, 0.6) is 0 Å². The Hall–Kier alpha value is -0.0800. The Morgan fingerprint density at radius 2 is 2.00 bits per heavy atom. The first-order valence-corrected chi connectivity index (χ1v) is 8.98. The Bertz CT molecular complexity index is 341. The average molecular weight is 439 g/mol. The first-order valence-electron chi connectivity index (χ1n) is 8.98. The molecular weight excluding hydrogens is 405 g/mol. The van der Waals surface area contributed by atoms with Crippen LogP contribution < -0.4 is 10.6 Å². The number of nitrogens with one attached hydrogen (secondary N) is 2. The Labute approximate surface area is 158 Å². The number of nitrogens with zero attached hydrogens (tertiary/aromatic N) is 1. The van der Waals surface area contributed by atoms with Gasteiger partial charge < -0.3 is 20.1 Å². The molecule has 1 saturated heterocycles. The van der Waals surface area contributed by atoms with Crippen molar-refractivity contribution in [2.24, 2.45) is 4.99 Å². The van der Waals surface area contributed by atoms with Crippen molar-refractivity contribution in [3.63, 3.8) is 0 Å². The second kappa shape index (κ2) is 11.5. The molecule has 0 aromatic carbocycles. The fraction of sp³-hybridized carbons (Fsp3) is 0.941. The molecule has 0 aromatic heterocycles. The van der Waals surface area contributed by atoms with Gasteiger partial charge in [-0.3, -0.25) is 4.99 Å². The maximum atomic E-state index is 6.22. The summed E-state index contributed by atoms with van der Waals surface area (Å²) in [5.41, 5.74) is -0.00423. The molecule has 1 atom stereocenters. The maximum Gasteiger partial charge on any atom is 0.191 e. The van der Waals surface area contributed by atoms with Crippen LogP contribution in [0, 0.1) is 0 Å². The Morgan fingerprint density at radius 1 is 1.22 bits per heavy atom. The minimum absolute atomic E-state index is 0. The van der Waals surface area contributed by atoms with E-state index in [9.17, 15) is 0 Å². The molecule has 23 heavy (non-hydrogen) atoms. The minimum atomic E-state index is -0.00423. The van der Waals surface area contributed by atoms with Gasteiger partial charge in [0.2, 0.25) is 0 Å². The van der Waals surface area contributed by atoms with Crippen LogP contribution in [0.4, 0.5) is 0 Å². The Balaban J connectivity index is 0.00000264. The minimum Gasteiger partial charge on any atom is -0.376 e. The molecule has 0 amide bonds. The van der Waals surface area contributed by atoms with Crippen LogP contribution in [-0.2, 0) is 9.47 Å². The number of aliphatic imine (C=N–C) groups is 1. The summed E-state index contributed by atoms with van der Waals surface area (Å²) in [5, 5.41) is 6.85.